The van der Waals surface area contributed by atoms with Crippen LogP contribution in [-0.2, 0) is 9.59 Å². The van der Waals surface area contributed by atoms with Crippen molar-refractivity contribution in [2.24, 2.45) is 11.8 Å². The number of carboxylic acid groups (broad SMARTS) is 1. The minimum Gasteiger partial charge on any atom is -0.481 e. The molecular formula is C16H23NO3. The molecular weight excluding hydrogens is 254 g/mol. The Morgan fingerprint density at radius 1 is 1.25 bits per heavy atom. The predicted molar refractivity (Wildman–Crippen MR) is 79.6 cm³/mol. The minimum atomic E-state index is -0.817. The highest BCUT2D eigenvalue weighted by Gasteiger charge is 2.25. The molecule has 0 heterocycles. The minimum absolute atomic E-state index is 0.135. The molecule has 4 heteroatoms. The van der Waals surface area contributed by atoms with E-state index in [9.17, 15) is 14.7 Å². The smallest absolute Gasteiger partial charge is 0.306 e. The van der Waals surface area contributed by atoms with E-state index in [0.717, 1.165) is 17.7 Å². The van der Waals surface area contributed by atoms with Crippen molar-refractivity contribution in [2.75, 3.05) is 5.32 Å². The van der Waals surface area contributed by atoms with E-state index in [1.54, 1.807) is 0 Å². The van der Waals surface area contributed by atoms with Crippen LogP contribution in [0.4, 0.5) is 5.69 Å². The average Bonchev–Trinajstić information content (AvgIpc) is 2.38. The number of anilines is 1. The number of carbonyl (C=O) groups is 2. The zero-order valence-electron chi connectivity index (χ0n) is 12.3. The van der Waals surface area contributed by atoms with Crippen LogP contribution in [0.25, 0.3) is 0 Å². The third-order valence-electron chi connectivity index (χ3n) is 3.45. The SMILES string of the molecule is CCC[C@@H](C(=O)O)[C@@H](C)CC(=O)Nc1ccc(C)cc1. The Kier molecular flexibility index (Phi) is 6.22. The van der Waals surface area contributed by atoms with Crippen molar-refractivity contribution < 1.29 is 14.7 Å². The number of amides is 1. The van der Waals surface area contributed by atoms with Crippen molar-refractivity contribution in [3.8, 4) is 0 Å². The Balaban J connectivity index is 2.56. The Bertz CT molecular complexity index is 453. The third kappa shape index (κ3) is 5.03. The maximum atomic E-state index is 11.9. The van der Waals surface area contributed by atoms with Gasteiger partial charge in [-0.15, -0.1) is 0 Å². The number of hydrogen-bond acceptors (Lipinski definition) is 2. The van der Waals surface area contributed by atoms with Gasteiger partial charge in [-0.2, -0.15) is 0 Å². The first-order valence-electron chi connectivity index (χ1n) is 7.03. The molecule has 4 nitrogen and oxygen atoms in total. The Labute approximate surface area is 120 Å². The first-order chi connectivity index (χ1) is 9.43. The van der Waals surface area contributed by atoms with Gasteiger partial charge in [0.25, 0.3) is 0 Å². The van der Waals surface area contributed by atoms with Crippen LogP contribution in [0.15, 0.2) is 24.3 Å². The van der Waals surface area contributed by atoms with Crippen LogP contribution < -0.4 is 5.32 Å². The molecule has 0 unspecified atom stereocenters. The molecule has 1 amide bonds. The molecule has 2 atom stereocenters. The average molecular weight is 277 g/mol. The summed E-state index contributed by atoms with van der Waals surface area (Å²) in [5, 5.41) is 12.0. The van der Waals surface area contributed by atoms with E-state index < -0.39 is 11.9 Å². The summed E-state index contributed by atoms with van der Waals surface area (Å²) in [7, 11) is 0. The molecule has 0 saturated heterocycles. The summed E-state index contributed by atoms with van der Waals surface area (Å²) in [5.74, 6) is -1.58. The first-order valence-corrected chi connectivity index (χ1v) is 7.03. The predicted octanol–water partition coefficient (Wildman–Crippen LogP) is 3.46. The molecule has 110 valence electrons. The Hall–Kier alpha value is -1.84. The van der Waals surface area contributed by atoms with Crippen molar-refractivity contribution in [2.45, 2.75) is 40.0 Å². The van der Waals surface area contributed by atoms with Gasteiger partial charge in [0.2, 0.25) is 5.91 Å². The van der Waals surface area contributed by atoms with Crippen LogP contribution in [-0.4, -0.2) is 17.0 Å². The van der Waals surface area contributed by atoms with Crippen molar-refractivity contribution in [3.05, 3.63) is 29.8 Å². The van der Waals surface area contributed by atoms with Gasteiger partial charge in [0.05, 0.1) is 5.92 Å². The van der Waals surface area contributed by atoms with Gasteiger partial charge in [0, 0.05) is 12.1 Å². The second-order valence-corrected chi connectivity index (χ2v) is 5.33. The number of benzene rings is 1. The van der Waals surface area contributed by atoms with Crippen LogP contribution in [0.3, 0.4) is 0 Å². The fourth-order valence-electron chi connectivity index (χ4n) is 2.25. The van der Waals surface area contributed by atoms with Crippen molar-refractivity contribution in [3.63, 3.8) is 0 Å². The van der Waals surface area contributed by atoms with Gasteiger partial charge in [0.15, 0.2) is 0 Å². The molecule has 0 aliphatic carbocycles. The van der Waals surface area contributed by atoms with Gasteiger partial charge >= 0.3 is 5.97 Å². The normalized spacial score (nSPS) is 13.6. The van der Waals surface area contributed by atoms with E-state index in [0.29, 0.717) is 6.42 Å². The van der Waals surface area contributed by atoms with Crippen LogP contribution >= 0.6 is 0 Å². The number of carboxylic acids is 1. The van der Waals surface area contributed by atoms with E-state index in [-0.39, 0.29) is 18.2 Å². The maximum Gasteiger partial charge on any atom is 0.306 e. The molecule has 20 heavy (non-hydrogen) atoms. The molecule has 1 aromatic carbocycles. The standard InChI is InChI=1S/C16H23NO3/c1-4-5-14(16(19)20)12(3)10-15(18)17-13-8-6-11(2)7-9-13/h6-9,12,14H,4-5,10H2,1-3H3,(H,17,18)(H,19,20)/t12-,14+/m0/s1. The molecule has 1 aromatic rings. The number of rotatable bonds is 7. The van der Waals surface area contributed by atoms with Crippen molar-refractivity contribution in [1.82, 2.24) is 0 Å². The zero-order valence-corrected chi connectivity index (χ0v) is 12.3. The summed E-state index contributed by atoms with van der Waals surface area (Å²) in [6.45, 7) is 5.76. The van der Waals surface area contributed by atoms with Crippen LogP contribution in [0.5, 0.6) is 0 Å². The van der Waals surface area contributed by atoms with E-state index in [2.05, 4.69) is 5.32 Å². The van der Waals surface area contributed by atoms with Crippen LogP contribution in [0.2, 0.25) is 0 Å². The lowest BCUT2D eigenvalue weighted by atomic mass is 9.87. The fourth-order valence-corrected chi connectivity index (χ4v) is 2.25. The Morgan fingerprint density at radius 2 is 1.85 bits per heavy atom. The largest absolute Gasteiger partial charge is 0.481 e. The van der Waals surface area contributed by atoms with E-state index in [4.69, 9.17) is 0 Å². The number of hydrogen-bond donors (Lipinski definition) is 2. The summed E-state index contributed by atoms with van der Waals surface area (Å²) in [6, 6.07) is 7.55. The van der Waals surface area contributed by atoms with Crippen LogP contribution in [0.1, 0.15) is 38.7 Å². The van der Waals surface area contributed by atoms with Gasteiger partial charge in [-0.25, -0.2) is 0 Å². The summed E-state index contributed by atoms with van der Waals surface area (Å²) < 4.78 is 0. The number of aliphatic carboxylic acids is 1. The van der Waals surface area contributed by atoms with Crippen molar-refractivity contribution >= 4 is 17.6 Å². The number of nitrogens with one attached hydrogen (secondary N) is 1. The second-order valence-electron chi connectivity index (χ2n) is 5.33. The van der Waals surface area contributed by atoms with Gasteiger partial charge in [-0.3, -0.25) is 9.59 Å². The van der Waals surface area contributed by atoms with Gasteiger partial charge in [-0.1, -0.05) is 38.0 Å². The van der Waals surface area contributed by atoms with E-state index in [1.807, 2.05) is 45.0 Å². The fraction of sp³-hybridized carbons (Fsp3) is 0.500. The summed E-state index contributed by atoms with van der Waals surface area (Å²) in [4.78, 5) is 23.1. The lowest BCUT2D eigenvalue weighted by Crippen LogP contribution is -2.25. The third-order valence-corrected chi connectivity index (χ3v) is 3.45. The number of aryl methyl sites for hydroxylation is 1. The number of carbonyl (C=O) groups excluding carboxylic acids is 1. The van der Waals surface area contributed by atoms with Crippen LogP contribution in [0, 0.1) is 18.8 Å². The first kappa shape index (κ1) is 16.2. The highest BCUT2D eigenvalue weighted by Crippen LogP contribution is 2.22. The molecule has 0 fully saturated rings. The summed E-state index contributed by atoms with van der Waals surface area (Å²) in [5.41, 5.74) is 1.88. The van der Waals surface area contributed by atoms with E-state index >= 15 is 0 Å². The molecule has 1 rings (SSSR count). The molecule has 2 N–H and O–H groups in total. The highest BCUT2D eigenvalue weighted by atomic mass is 16.4. The maximum absolute atomic E-state index is 11.9. The molecule has 0 spiro atoms. The molecule has 0 saturated carbocycles. The quantitative estimate of drug-likeness (QED) is 0.802. The van der Waals surface area contributed by atoms with E-state index in [1.165, 1.54) is 0 Å². The zero-order chi connectivity index (χ0) is 15.1. The summed E-state index contributed by atoms with van der Waals surface area (Å²) in [6.07, 6.45) is 1.64. The molecule has 0 aromatic heterocycles. The molecule has 0 aliphatic rings. The van der Waals surface area contributed by atoms with Gasteiger partial charge in [0.1, 0.15) is 0 Å². The monoisotopic (exact) mass is 277 g/mol. The Morgan fingerprint density at radius 3 is 2.35 bits per heavy atom. The van der Waals surface area contributed by atoms with Gasteiger partial charge < -0.3 is 10.4 Å². The molecule has 0 aliphatic heterocycles. The summed E-state index contributed by atoms with van der Waals surface area (Å²) >= 11 is 0. The molecule has 0 radical (unpaired) electrons. The van der Waals surface area contributed by atoms with Gasteiger partial charge in [-0.05, 0) is 31.4 Å². The molecule has 0 bridgehead atoms. The highest BCUT2D eigenvalue weighted by molar-refractivity contribution is 5.91. The topological polar surface area (TPSA) is 66.4 Å². The lowest BCUT2D eigenvalue weighted by molar-refractivity contribution is -0.144. The lowest BCUT2D eigenvalue weighted by Gasteiger charge is -2.19. The second kappa shape index (κ2) is 7.68. The van der Waals surface area contributed by atoms with Crippen molar-refractivity contribution in [1.29, 1.82) is 0 Å².